The van der Waals surface area contributed by atoms with Crippen LogP contribution in [0.5, 0.6) is 0 Å². The third kappa shape index (κ3) is 4.18. The molecular formula is C22H31N3O2. The van der Waals surface area contributed by atoms with E-state index in [2.05, 4.69) is 55.1 Å². The number of carbonyl (C=O) groups is 1. The Balaban J connectivity index is 2.02. The van der Waals surface area contributed by atoms with Crippen molar-refractivity contribution < 1.29 is 9.32 Å². The van der Waals surface area contributed by atoms with Gasteiger partial charge in [-0.1, -0.05) is 48.8 Å². The summed E-state index contributed by atoms with van der Waals surface area (Å²) in [5, 5.41) is 4.42. The standard InChI is InChI=1S/C22H31N3O2/c1-15(2)21(26)25(16(3)4)14-19-20(18-10-8-17(5)9-11-18)23-27-22(19)24-12-6-7-13-24/h8-11,15-16H,6-7,12-14H2,1-5H3. The highest BCUT2D eigenvalue weighted by molar-refractivity contribution is 5.79. The van der Waals surface area contributed by atoms with Gasteiger partial charge in [0.05, 0.1) is 12.1 Å². The number of hydrogen-bond donors (Lipinski definition) is 0. The maximum Gasteiger partial charge on any atom is 0.232 e. The minimum atomic E-state index is -0.0367. The van der Waals surface area contributed by atoms with Gasteiger partial charge in [0.2, 0.25) is 11.8 Å². The van der Waals surface area contributed by atoms with Gasteiger partial charge < -0.3 is 14.3 Å². The molecule has 0 atom stereocenters. The van der Waals surface area contributed by atoms with Crippen molar-refractivity contribution in [3.05, 3.63) is 35.4 Å². The van der Waals surface area contributed by atoms with Crippen LogP contribution in [0.25, 0.3) is 11.3 Å². The van der Waals surface area contributed by atoms with Gasteiger partial charge >= 0.3 is 0 Å². The SMILES string of the molecule is Cc1ccc(-c2noc(N3CCCC3)c2CN(C(=O)C(C)C)C(C)C)cc1. The summed E-state index contributed by atoms with van der Waals surface area (Å²) in [7, 11) is 0. The Hall–Kier alpha value is -2.30. The smallest absolute Gasteiger partial charge is 0.232 e. The Bertz CT molecular complexity index is 771. The summed E-state index contributed by atoms with van der Waals surface area (Å²) in [5.74, 6) is 0.948. The van der Waals surface area contributed by atoms with E-state index in [-0.39, 0.29) is 17.9 Å². The summed E-state index contributed by atoms with van der Waals surface area (Å²) < 4.78 is 5.82. The van der Waals surface area contributed by atoms with Crippen molar-refractivity contribution in [1.82, 2.24) is 10.1 Å². The van der Waals surface area contributed by atoms with E-state index in [1.165, 1.54) is 18.4 Å². The summed E-state index contributed by atoms with van der Waals surface area (Å²) in [6.07, 6.45) is 2.33. The number of hydrogen-bond acceptors (Lipinski definition) is 4. The normalized spacial score (nSPS) is 14.4. The third-order valence-corrected chi connectivity index (χ3v) is 5.21. The van der Waals surface area contributed by atoms with Crippen LogP contribution in [-0.2, 0) is 11.3 Å². The maximum absolute atomic E-state index is 12.8. The van der Waals surface area contributed by atoms with E-state index in [1.807, 2.05) is 18.7 Å². The van der Waals surface area contributed by atoms with Gasteiger partial charge in [-0.05, 0) is 33.6 Å². The lowest BCUT2D eigenvalue weighted by Gasteiger charge is -2.29. The molecule has 1 aliphatic heterocycles. The fourth-order valence-electron chi connectivity index (χ4n) is 3.57. The van der Waals surface area contributed by atoms with Crippen LogP contribution in [0.15, 0.2) is 28.8 Å². The molecule has 1 fully saturated rings. The molecule has 146 valence electrons. The summed E-state index contributed by atoms with van der Waals surface area (Å²) >= 11 is 0. The number of anilines is 1. The number of aromatic nitrogens is 1. The molecule has 1 saturated heterocycles. The molecule has 2 heterocycles. The zero-order chi connectivity index (χ0) is 19.6. The van der Waals surface area contributed by atoms with Gasteiger partial charge in [0.1, 0.15) is 5.69 Å². The van der Waals surface area contributed by atoms with Crippen molar-refractivity contribution in [1.29, 1.82) is 0 Å². The second-order valence-electron chi connectivity index (χ2n) is 8.09. The predicted octanol–water partition coefficient (Wildman–Crippen LogP) is 4.64. The summed E-state index contributed by atoms with van der Waals surface area (Å²) in [4.78, 5) is 17.0. The Morgan fingerprint density at radius 3 is 2.33 bits per heavy atom. The Morgan fingerprint density at radius 1 is 1.15 bits per heavy atom. The van der Waals surface area contributed by atoms with E-state index < -0.39 is 0 Å². The summed E-state index contributed by atoms with van der Waals surface area (Å²) in [6.45, 7) is 12.6. The first-order valence-corrected chi connectivity index (χ1v) is 9.99. The Kier molecular flexibility index (Phi) is 5.88. The molecule has 0 bridgehead atoms. The lowest BCUT2D eigenvalue weighted by molar-refractivity contribution is -0.136. The second-order valence-corrected chi connectivity index (χ2v) is 8.09. The van der Waals surface area contributed by atoms with Crippen LogP contribution in [0.3, 0.4) is 0 Å². The van der Waals surface area contributed by atoms with Gasteiger partial charge in [-0.3, -0.25) is 4.79 Å². The van der Waals surface area contributed by atoms with Crippen molar-refractivity contribution in [3.8, 4) is 11.3 Å². The zero-order valence-corrected chi connectivity index (χ0v) is 17.2. The van der Waals surface area contributed by atoms with Crippen LogP contribution in [-0.4, -0.2) is 35.1 Å². The largest absolute Gasteiger partial charge is 0.340 e. The second kappa shape index (κ2) is 8.15. The lowest BCUT2D eigenvalue weighted by atomic mass is 10.0. The van der Waals surface area contributed by atoms with E-state index in [9.17, 15) is 4.79 Å². The number of benzene rings is 1. The molecule has 0 spiro atoms. The molecule has 3 rings (SSSR count). The minimum Gasteiger partial charge on any atom is -0.340 e. The van der Waals surface area contributed by atoms with Gasteiger partial charge in [-0.25, -0.2) is 0 Å². The maximum atomic E-state index is 12.8. The molecule has 2 aromatic rings. The van der Waals surface area contributed by atoms with E-state index in [4.69, 9.17) is 4.52 Å². The number of rotatable bonds is 6. The summed E-state index contributed by atoms with van der Waals surface area (Å²) in [6, 6.07) is 8.45. The highest BCUT2D eigenvalue weighted by atomic mass is 16.5. The molecule has 5 heteroatoms. The van der Waals surface area contributed by atoms with Gasteiger partial charge in [0.25, 0.3) is 0 Å². The average Bonchev–Trinajstić information content (AvgIpc) is 3.28. The van der Waals surface area contributed by atoms with Crippen molar-refractivity contribution >= 4 is 11.8 Å². The van der Waals surface area contributed by atoms with Crippen molar-refractivity contribution in [3.63, 3.8) is 0 Å². The molecule has 0 saturated carbocycles. The third-order valence-electron chi connectivity index (χ3n) is 5.21. The van der Waals surface area contributed by atoms with E-state index in [0.717, 1.165) is 35.8 Å². The van der Waals surface area contributed by atoms with Gasteiger partial charge in [-0.15, -0.1) is 0 Å². The molecule has 5 nitrogen and oxygen atoms in total. The minimum absolute atomic E-state index is 0.0367. The van der Waals surface area contributed by atoms with Crippen LogP contribution in [0.4, 0.5) is 5.88 Å². The first kappa shape index (κ1) is 19.5. The number of aryl methyl sites for hydroxylation is 1. The van der Waals surface area contributed by atoms with Crippen molar-refractivity contribution in [2.45, 2.75) is 60.0 Å². The van der Waals surface area contributed by atoms with Crippen molar-refractivity contribution in [2.24, 2.45) is 5.92 Å². The molecule has 0 unspecified atom stereocenters. The first-order valence-electron chi connectivity index (χ1n) is 9.99. The van der Waals surface area contributed by atoms with Crippen LogP contribution in [0, 0.1) is 12.8 Å². The first-order chi connectivity index (χ1) is 12.9. The number of carbonyl (C=O) groups excluding carboxylic acids is 1. The van der Waals surface area contributed by atoms with Gasteiger partial charge in [0, 0.05) is 30.6 Å². The topological polar surface area (TPSA) is 49.6 Å². The molecule has 1 amide bonds. The summed E-state index contributed by atoms with van der Waals surface area (Å²) in [5.41, 5.74) is 4.11. The average molecular weight is 370 g/mol. The Labute approximate surface area is 162 Å². The van der Waals surface area contributed by atoms with Crippen LogP contribution >= 0.6 is 0 Å². The monoisotopic (exact) mass is 369 g/mol. The van der Waals surface area contributed by atoms with Crippen LogP contribution in [0.2, 0.25) is 0 Å². The Morgan fingerprint density at radius 2 is 1.78 bits per heavy atom. The van der Waals surface area contributed by atoms with Crippen molar-refractivity contribution in [2.75, 3.05) is 18.0 Å². The zero-order valence-electron chi connectivity index (χ0n) is 17.2. The quantitative estimate of drug-likeness (QED) is 0.744. The molecule has 0 N–H and O–H groups in total. The molecule has 1 aromatic carbocycles. The van der Waals surface area contributed by atoms with Crippen LogP contribution < -0.4 is 4.90 Å². The lowest BCUT2D eigenvalue weighted by Crippen LogP contribution is -2.39. The molecule has 0 aliphatic carbocycles. The molecule has 0 radical (unpaired) electrons. The fourth-order valence-corrected chi connectivity index (χ4v) is 3.57. The van der Waals surface area contributed by atoms with Gasteiger partial charge in [-0.2, -0.15) is 0 Å². The highest BCUT2D eigenvalue weighted by Crippen LogP contribution is 2.34. The fraction of sp³-hybridized carbons (Fsp3) is 0.545. The van der Waals surface area contributed by atoms with Gasteiger partial charge in [0.15, 0.2) is 0 Å². The van der Waals surface area contributed by atoms with E-state index in [0.29, 0.717) is 6.54 Å². The van der Waals surface area contributed by atoms with E-state index in [1.54, 1.807) is 0 Å². The number of amides is 1. The molecule has 1 aliphatic rings. The molecular weight excluding hydrogens is 338 g/mol. The van der Waals surface area contributed by atoms with E-state index >= 15 is 0 Å². The predicted molar refractivity (Wildman–Crippen MR) is 109 cm³/mol. The highest BCUT2D eigenvalue weighted by Gasteiger charge is 2.29. The number of nitrogens with zero attached hydrogens (tertiary/aromatic N) is 3. The molecule has 1 aromatic heterocycles. The van der Waals surface area contributed by atoms with Crippen LogP contribution in [0.1, 0.15) is 51.7 Å². The molecule has 27 heavy (non-hydrogen) atoms.